The fraction of sp³-hybridized carbons (Fsp3) is 0.333. The highest BCUT2D eigenvalue weighted by atomic mass is 35.5. The summed E-state index contributed by atoms with van der Waals surface area (Å²) in [5.41, 5.74) is 7.65. The van der Waals surface area contributed by atoms with Crippen LogP contribution < -0.4 is 11.1 Å². The van der Waals surface area contributed by atoms with Crippen molar-refractivity contribution in [1.29, 1.82) is 0 Å². The lowest BCUT2D eigenvalue weighted by Gasteiger charge is -2.13. The summed E-state index contributed by atoms with van der Waals surface area (Å²) < 4.78 is 0. The normalized spacial score (nSPS) is 11.8. The molecule has 4 nitrogen and oxygen atoms in total. The third kappa shape index (κ3) is 4.52. The number of rotatable bonds is 5. The van der Waals surface area contributed by atoms with Gasteiger partial charge in [0.25, 0.3) is 0 Å². The summed E-state index contributed by atoms with van der Waals surface area (Å²) in [7, 11) is 0. The SMILES string of the molecule is CC(C)c1csc(NC(=O)C(CN)c2ccccc2)n1.Cl. The van der Waals surface area contributed by atoms with Gasteiger partial charge in [0.2, 0.25) is 5.91 Å². The first kappa shape index (κ1) is 17.6. The topological polar surface area (TPSA) is 68.0 Å². The first-order chi connectivity index (χ1) is 9.61. The summed E-state index contributed by atoms with van der Waals surface area (Å²) in [6.45, 7) is 4.43. The van der Waals surface area contributed by atoms with Crippen molar-refractivity contribution in [1.82, 2.24) is 4.98 Å². The number of hydrogen-bond acceptors (Lipinski definition) is 4. The lowest BCUT2D eigenvalue weighted by atomic mass is 9.99. The van der Waals surface area contributed by atoms with Gasteiger partial charge in [0.05, 0.1) is 11.6 Å². The van der Waals surface area contributed by atoms with Gasteiger partial charge >= 0.3 is 0 Å². The maximum absolute atomic E-state index is 12.3. The number of carbonyl (C=O) groups is 1. The van der Waals surface area contributed by atoms with Crippen LogP contribution in [0, 0.1) is 0 Å². The van der Waals surface area contributed by atoms with Gasteiger partial charge in [-0.2, -0.15) is 0 Å². The van der Waals surface area contributed by atoms with Gasteiger partial charge in [-0.3, -0.25) is 4.79 Å². The second-order valence-electron chi connectivity index (χ2n) is 4.92. The van der Waals surface area contributed by atoms with Gasteiger partial charge in [-0.25, -0.2) is 4.98 Å². The van der Waals surface area contributed by atoms with Gasteiger partial charge in [-0.05, 0) is 11.5 Å². The first-order valence-corrected chi connectivity index (χ1v) is 7.51. The van der Waals surface area contributed by atoms with E-state index in [-0.39, 0.29) is 30.8 Å². The summed E-state index contributed by atoms with van der Waals surface area (Å²) >= 11 is 1.45. The number of anilines is 1. The molecule has 6 heteroatoms. The molecule has 2 aromatic rings. The van der Waals surface area contributed by atoms with Crippen molar-refractivity contribution in [2.24, 2.45) is 5.73 Å². The van der Waals surface area contributed by atoms with Crippen LogP contribution in [-0.4, -0.2) is 17.4 Å². The van der Waals surface area contributed by atoms with E-state index >= 15 is 0 Å². The Hall–Kier alpha value is -1.43. The number of nitrogens with one attached hydrogen (secondary N) is 1. The quantitative estimate of drug-likeness (QED) is 0.885. The Morgan fingerprint density at radius 2 is 2.00 bits per heavy atom. The van der Waals surface area contributed by atoms with Crippen molar-refractivity contribution in [3.8, 4) is 0 Å². The van der Waals surface area contributed by atoms with Crippen molar-refractivity contribution in [3.63, 3.8) is 0 Å². The highest BCUT2D eigenvalue weighted by Crippen LogP contribution is 2.23. The number of nitrogens with two attached hydrogens (primary N) is 1. The van der Waals surface area contributed by atoms with Crippen molar-refractivity contribution < 1.29 is 4.79 Å². The zero-order valence-electron chi connectivity index (χ0n) is 12.1. The van der Waals surface area contributed by atoms with Crippen LogP contribution in [0.2, 0.25) is 0 Å². The molecule has 0 fully saturated rings. The molecule has 1 amide bonds. The van der Waals surface area contributed by atoms with Gasteiger partial charge < -0.3 is 11.1 Å². The zero-order valence-corrected chi connectivity index (χ0v) is 13.7. The fourth-order valence-corrected chi connectivity index (χ4v) is 2.76. The minimum atomic E-state index is -0.345. The number of thiazole rings is 1. The van der Waals surface area contributed by atoms with E-state index in [0.29, 0.717) is 11.0 Å². The second kappa shape index (κ2) is 8.12. The van der Waals surface area contributed by atoms with Crippen LogP contribution in [0.1, 0.15) is 36.9 Å². The lowest BCUT2D eigenvalue weighted by molar-refractivity contribution is -0.117. The average molecular weight is 326 g/mol. The summed E-state index contributed by atoms with van der Waals surface area (Å²) in [6, 6.07) is 9.57. The highest BCUT2D eigenvalue weighted by Gasteiger charge is 2.20. The molecule has 3 N–H and O–H groups in total. The van der Waals surface area contributed by atoms with Crippen LogP contribution in [-0.2, 0) is 4.79 Å². The number of aromatic nitrogens is 1. The molecular weight excluding hydrogens is 306 g/mol. The molecule has 0 aliphatic carbocycles. The third-order valence-electron chi connectivity index (χ3n) is 3.10. The van der Waals surface area contributed by atoms with Crippen LogP contribution in [0.25, 0.3) is 0 Å². The van der Waals surface area contributed by atoms with E-state index in [0.717, 1.165) is 11.3 Å². The monoisotopic (exact) mass is 325 g/mol. The molecule has 1 atom stereocenters. The van der Waals surface area contributed by atoms with Gasteiger partial charge in [0.15, 0.2) is 5.13 Å². The largest absolute Gasteiger partial charge is 0.329 e. The Morgan fingerprint density at radius 1 is 1.33 bits per heavy atom. The number of carbonyl (C=O) groups excluding carboxylic acids is 1. The fourth-order valence-electron chi connectivity index (χ4n) is 1.88. The Kier molecular flexibility index (Phi) is 6.81. The smallest absolute Gasteiger partial charge is 0.234 e. The van der Waals surface area contributed by atoms with Gasteiger partial charge in [-0.1, -0.05) is 44.2 Å². The molecule has 1 aromatic carbocycles. The van der Waals surface area contributed by atoms with Crippen LogP contribution in [0.15, 0.2) is 35.7 Å². The summed E-state index contributed by atoms with van der Waals surface area (Å²) in [5.74, 6) is -0.0951. The highest BCUT2D eigenvalue weighted by molar-refractivity contribution is 7.13. The number of nitrogens with zero attached hydrogens (tertiary/aromatic N) is 1. The van der Waals surface area contributed by atoms with Gasteiger partial charge in [0.1, 0.15) is 0 Å². The minimum Gasteiger partial charge on any atom is -0.329 e. The van der Waals surface area contributed by atoms with Crippen molar-refractivity contribution in [3.05, 3.63) is 47.0 Å². The molecule has 2 rings (SSSR count). The molecule has 21 heavy (non-hydrogen) atoms. The Bertz CT molecular complexity index is 571. The molecule has 114 valence electrons. The van der Waals surface area contributed by atoms with Crippen molar-refractivity contribution in [2.45, 2.75) is 25.7 Å². The van der Waals surface area contributed by atoms with Crippen LogP contribution in [0.3, 0.4) is 0 Å². The van der Waals surface area contributed by atoms with E-state index in [2.05, 4.69) is 24.1 Å². The van der Waals surface area contributed by atoms with E-state index in [1.165, 1.54) is 11.3 Å². The Labute approximate surface area is 135 Å². The number of halogens is 1. The number of benzene rings is 1. The third-order valence-corrected chi connectivity index (χ3v) is 3.87. The Balaban J connectivity index is 0.00000220. The maximum Gasteiger partial charge on any atom is 0.234 e. The molecule has 0 aliphatic heterocycles. The van der Waals surface area contributed by atoms with Crippen LogP contribution >= 0.6 is 23.7 Å². The number of amides is 1. The molecule has 1 aromatic heterocycles. The molecule has 0 saturated carbocycles. The van der Waals surface area contributed by atoms with Gasteiger partial charge in [-0.15, -0.1) is 23.7 Å². The van der Waals surface area contributed by atoms with Crippen LogP contribution in [0.4, 0.5) is 5.13 Å². The number of hydrogen-bond donors (Lipinski definition) is 2. The molecule has 1 unspecified atom stereocenters. The van der Waals surface area contributed by atoms with Crippen molar-refractivity contribution in [2.75, 3.05) is 11.9 Å². The lowest BCUT2D eigenvalue weighted by Crippen LogP contribution is -2.27. The second-order valence-corrected chi connectivity index (χ2v) is 5.78. The van der Waals surface area contributed by atoms with E-state index in [9.17, 15) is 4.79 Å². The van der Waals surface area contributed by atoms with E-state index in [4.69, 9.17) is 5.73 Å². The van der Waals surface area contributed by atoms with Crippen LogP contribution in [0.5, 0.6) is 0 Å². The molecular formula is C15H20ClN3OS. The van der Waals surface area contributed by atoms with Crippen molar-refractivity contribution >= 4 is 34.8 Å². The molecule has 0 bridgehead atoms. The standard InChI is InChI=1S/C15H19N3OS.ClH/c1-10(2)13-9-20-15(17-13)18-14(19)12(8-16)11-6-4-3-5-7-11;/h3-7,9-10,12H,8,16H2,1-2H3,(H,17,18,19);1H. The predicted octanol–water partition coefficient (Wildman–Crippen LogP) is 3.37. The van der Waals surface area contributed by atoms with E-state index in [1.54, 1.807) is 0 Å². The molecule has 0 saturated heterocycles. The molecule has 0 aliphatic rings. The average Bonchev–Trinajstić information content (AvgIpc) is 2.89. The predicted molar refractivity (Wildman–Crippen MR) is 90.3 cm³/mol. The van der Waals surface area contributed by atoms with E-state index in [1.807, 2.05) is 35.7 Å². The maximum atomic E-state index is 12.3. The molecule has 0 radical (unpaired) electrons. The summed E-state index contributed by atoms with van der Waals surface area (Å²) in [6.07, 6.45) is 0. The molecule has 0 spiro atoms. The zero-order chi connectivity index (χ0) is 14.5. The minimum absolute atomic E-state index is 0. The van der Waals surface area contributed by atoms with Gasteiger partial charge in [0, 0.05) is 11.9 Å². The molecule has 1 heterocycles. The summed E-state index contributed by atoms with van der Waals surface area (Å²) in [4.78, 5) is 16.7. The summed E-state index contributed by atoms with van der Waals surface area (Å²) in [5, 5.41) is 5.46. The first-order valence-electron chi connectivity index (χ1n) is 6.63. The Morgan fingerprint density at radius 3 is 2.52 bits per heavy atom. The van der Waals surface area contributed by atoms with E-state index < -0.39 is 0 Å².